The highest BCUT2D eigenvalue weighted by Crippen LogP contribution is 2.29. The molecule has 3 heterocycles. The fourth-order valence-corrected chi connectivity index (χ4v) is 5.18. The van der Waals surface area contributed by atoms with Crippen LogP contribution in [-0.4, -0.2) is 60.8 Å². The molecule has 2 amide bonds. The summed E-state index contributed by atoms with van der Waals surface area (Å²) in [7, 11) is 0. The van der Waals surface area contributed by atoms with Crippen LogP contribution in [0.25, 0.3) is 5.69 Å². The maximum atomic E-state index is 15.5. The summed E-state index contributed by atoms with van der Waals surface area (Å²) in [6.45, 7) is 7.56. The number of aryl methyl sites for hydroxylation is 1. The molecule has 3 aromatic heterocycles. The van der Waals surface area contributed by atoms with E-state index in [0.717, 1.165) is 11.6 Å². The molecule has 0 bridgehead atoms. The summed E-state index contributed by atoms with van der Waals surface area (Å²) in [6, 6.07) is 11.6. The number of benzene rings is 1. The standard InChI is InChI=1S/C32H38FN9O4/c1-19-27(42-36-12-13-37-42)14-21(17-35-19)38-29-23(28(34)43)16-24(33)30(41-29)39-26-15-22(45-18-20-8-6-5-7-9-20)10-11-25(26)40-31(44)46-32(2,3)4/h5-9,12-14,16-17,22,25-26H,10-11,15,18H2,1-4H3,(H2,34,43)(H,40,44)(H2,38,39,41)/t22-,25-,26+/m0/s1. The van der Waals surface area contributed by atoms with Crippen molar-refractivity contribution in [2.24, 2.45) is 5.73 Å². The molecule has 1 saturated carbocycles. The highest BCUT2D eigenvalue weighted by atomic mass is 19.1. The maximum Gasteiger partial charge on any atom is 0.407 e. The van der Waals surface area contributed by atoms with Crippen LogP contribution in [-0.2, 0) is 16.1 Å². The predicted octanol–water partition coefficient (Wildman–Crippen LogP) is 4.79. The number of primary amides is 1. The number of halogens is 1. The molecule has 0 spiro atoms. The van der Waals surface area contributed by atoms with Crippen LogP contribution in [0.4, 0.5) is 26.5 Å². The van der Waals surface area contributed by atoms with Crippen LogP contribution in [0.3, 0.4) is 0 Å². The van der Waals surface area contributed by atoms with Gasteiger partial charge in [-0.15, -0.1) is 4.80 Å². The van der Waals surface area contributed by atoms with Crippen molar-refractivity contribution < 1.29 is 23.5 Å². The minimum atomic E-state index is -0.869. The summed E-state index contributed by atoms with van der Waals surface area (Å²) in [5.74, 6) is -1.77. The van der Waals surface area contributed by atoms with Gasteiger partial charge >= 0.3 is 6.09 Å². The van der Waals surface area contributed by atoms with Gasteiger partial charge < -0.3 is 31.2 Å². The number of nitrogens with zero attached hydrogens (tertiary/aromatic N) is 5. The lowest BCUT2D eigenvalue weighted by molar-refractivity contribution is 0.00487. The van der Waals surface area contributed by atoms with E-state index in [1.807, 2.05) is 30.3 Å². The van der Waals surface area contributed by atoms with Gasteiger partial charge in [0.25, 0.3) is 5.91 Å². The van der Waals surface area contributed by atoms with Crippen LogP contribution in [0, 0.1) is 12.7 Å². The highest BCUT2D eigenvalue weighted by molar-refractivity contribution is 5.98. The molecule has 5 N–H and O–H groups in total. The predicted molar refractivity (Wildman–Crippen MR) is 169 cm³/mol. The molecule has 5 rings (SSSR count). The lowest BCUT2D eigenvalue weighted by atomic mass is 9.88. The van der Waals surface area contributed by atoms with Crippen LogP contribution in [0.5, 0.6) is 0 Å². The highest BCUT2D eigenvalue weighted by Gasteiger charge is 2.34. The van der Waals surface area contributed by atoms with Crippen LogP contribution < -0.4 is 21.7 Å². The van der Waals surface area contributed by atoms with Crippen molar-refractivity contribution in [2.45, 2.75) is 77.4 Å². The second-order valence-corrected chi connectivity index (χ2v) is 12.1. The van der Waals surface area contributed by atoms with E-state index < -0.39 is 35.5 Å². The summed E-state index contributed by atoms with van der Waals surface area (Å²) >= 11 is 0. The number of nitrogens with one attached hydrogen (secondary N) is 3. The number of nitrogens with two attached hydrogens (primary N) is 1. The monoisotopic (exact) mass is 631 g/mol. The van der Waals surface area contributed by atoms with Crippen LogP contribution in [0.2, 0.25) is 0 Å². The minimum absolute atomic E-state index is 0.0192. The zero-order valence-corrected chi connectivity index (χ0v) is 26.2. The zero-order valence-electron chi connectivity index (χ0n) is 26.2. The van der Waals surface area contributed by atoms with Crippen molar-refractivity contribution >= 4 is 29.3 Å². The van der Waals surface area contributed by atoms with Crippen LogP contribution in [0.1, 0.15) is 61.6 Å². The molecule has 0 unspecified atom stereocenters. The van der Waals surface area contributed by atoms with Gasteiger partial charge in [-0.3, -0.25) is 9.78 Å². The molecule has 0 aliphatic heterocycles. The molecule has 14 heteroatoms. The molecule has 1 aromatic carbocycles. The van der Waals surface area contributed by atoms with E-state index in [9.17, 15) is 9.59 Å². The Morgan fingerprint density at radius 1 is 1.07 bits per heavy atom. The Bertz CT molecular complexity index is 1660. The first kappa shape index (κ1) is 32.3. The first-order valence-corrected chi connectivity index (χ1v) is 15.0. The third-order valence-corrected chi connectivity index (χ3v) is 7.35. The number of carbonyl (C=O) groups excluding carboxylic acids is 2. The molecule has 1 fully saturated rings. The number of amides is 2. The Hall–Kier alpha value is -5.11. The lowest BCUT2D eigenvalue weighted by Gasteiger charge is -2.37. The van der Waals surface area contributed by atoms with E-state index in [1.165, 1.54) is 17.2 Å². The topological polar surface area (TPSA) is 171 Å². The third kappa shape index (κ3) is 8.33. The Balaban J connectivity index is 1.40. The van der Waals surface area contributed by atoms with Gasteiger partial charge in [-0.05, 0) is 64.7 Å². The molecule has 46 heavy (non-hydrogen) atoms. The quantitative estimate of drug-likeness (QED) is 0.191. The fraction of sp³-hybridized carbons (Fsp3) is 0.375. The molecule has 0 saturated heterocycles. The molecular weight excluding hydrogens is 593 g/mol. The van der Waals surface area contributed by atoms with Gasteiger partial charge in [0, 0.05) is 0 Å². The van der Waals surface area contributed by atoms with Gasteiger partial charge in [-0.2, -0.15) is 10.2 Å². The summed E-state index contributed by atoms with van der Waals surface area (Å²) in [6.07, 6.45) is 5.52. The van der Waals surface area contributed by atoms with Gasteiger partial charge in [0.05, 0.1) is 60.3 Å². The molecule has 1 aliphatic rings. The first-order valence-electron chi connectivity index (χ1n) is 15.0. The molecule has 0 radical (unpaired) electrons. The van der Waals surface area contributed by atoms with E-state index in [1.54, 1.807) is 40.0 Å². The molecule has 1 aliphatic carbocycles. The molecule has 3 atom stereocenters. The van der Waals surface area contributed by atoms with Gasteiger partial charge in [-0.25, -0.2) is 14.2 Å². The van der Waals surface area contributed by atoms with E-state index in [-0.39, 0.29) is 23.3 Å². The minimum Gasteiger partial charge on any atom is -0.444 e. The molecular formula is C32H38FN9O4. The Labute approximate surface area is 266 Å². The Kier molecular flexibility index (Phi) is 9.75. The van der Waals surface area contributed by atoms with Crippen molar-refractivity contribution in [3.63, 3.8) is 0 Å². The largest absolute Gasteiger partial charge is 0.444 e. The number of pyridine rings is 2. The second kappa shape index (κ2) is 13.9. The molecule has 242 valence electrons. The van der Waals surface area contributed by atoms with E-state index in [0.29, 0.717) is 42.9 Å². The van der Waals surface area contributed by atoms with Crippen molar-refractivity contribution in [1.82, 2.24) is 30.3 Å². The van der Waals surface area contributed by atoms with Gasteiger partial charge in [-0.1, -0.05) is 30.3 Å². The van der Waals surface area contributed by atoms with Crippen LogP contribution >= 0.6 is 0 Å². The van der Waals surface area contributed by atoms with Crippen molar-refractivity contribution in [1.29, 1.82) is 0 Å². The maximum absolute atomic E-state index is 15.5. The number of anilines is 3. The average molecular weight is 632 g/mol. The third-order valence-electron chi connectivity index (χ3n) is 7.35. The Morgan fingerprint density at radius 2 is 1.80 bits per heavy atom. The van der Waals surface area contributed by atoms with E-state index in [4.69, 9.17) is 15.2 Å². The van der Waals surface area contributed by atoms with E-state index >= 15 is 4.39 Å². The number of carbonyl (C=O) groups is 2. The van der Waals surface area contributed by atoms with Gasteiger partial charge in [0.15, 0.2) is 11.6 Å². The number of hydrogen-bond acceptors (Lipinski definition) is 10. The van der Waals surface area contributed by atoms with Crippen molar-refractivity contribution in [2.75, 3.05) is 10.6 Å². The first-order chi connectivity index (χ1) is 21.9. The molecule has 13 nitrogen and oxygen atoms in total. The number of hydrogen-bond donors (Lipinski definition) is 4. The zero-order chi connectivity index (χ0) is 32.8. The summed E-state index contributed by atoms with van der Waals surface area (Å²) < 4.78 is 27.2. The smallest absolute Gasteiger partial charge is 0.407 e. The number of rotatable bonds is 10. The van der Waals surface area contributed by atoms with Crippen molar-refractivity contribution in [3.8, 4) is 5.69 Å². The fourth-order valence-electron chi connectivity index (χ4n) is 5.18. The van der Waals surface area contributed by atoms with E-state index in [2.05, 4.69) is 36.1 Å². The van der Waals surface area contributed by atoms with Gasteiger partial charge in [0.1, 0.15) is 17.1 Å². The summed E-state index contributed by atoms with van der Waals surface area (Å²) in [4.78, 5) is 35.3. The number of ether oxygens (including phenoxy) is 2. The van der Waals surface area contributed by atoms with Gasteiger partial charge in [0.2, 0.25) is 0 Å². The number of aromatic nitrogens is 5. The second-order valence-electron chi connectivity index (χ2n) is 12.1. The lowest BCUT2D eigenvalue weighted by Crippen LogP contribution is -2.52. The number of alkyl carbamates (subject to hydrolysis) is 1. The SMILES string of the molecule is Cc1ncc(Nc2nc(N[C@@H]3C[C@@H](OCc4ccccc4)CC[C@@H]3NC(=O)OC(C)(C)C)c(F)cc2C(N)=O)cc1-n1nccn1. The summed E-state index contributed by atoms with van der Waals surface area (Å²) in [5, 5.41) is 17.4. The average Bonchev–Trinajstić information content (AvgIpc) is 3.54. The Morgan fingerprint density at radius 3 is 2.50 bits per heavy atom. The van der Waals surface area contributed by atoms with Crippen molar-refractivity contribution in [3.05, 3.63) is 83.7 Å². The van der Waals surface area contributed by atoms with Crippen LogP contribution in [0.15, 0.2) is 61.1 Å². The molecule has 4 aromatic rings. The summed E-state index contributed by atoms with van der Waals surface area (Å²) in [5.41, 5.74) is 7.49. The normalized spacial score (nSPS) is 18.1.